The summed E-state index contributed by atoms with van der Waals surface area (Å²) >= 11 is 5.40. The first-order valence-corrected chi connectivity index (χ1v) is 8.50. The molecular weight excluding hydrogens is 278 g/mol. The van der Waals surface area contributed by atoms with Crippen molar-refractivity contribution in [2.24, 2.45) is 0 Å². The predicted molar refractivity (Wildman–Crippen MR) is 94.1 cm³/mol. The number of likely N-dealkylation sites (N-methyl/N-ethyl adjacent to an activating group) is 1. The Morgan fingerprint density at radius 1 is 1.33 bits per heavy atom. The number of hydrogen-bond donors (Lipinski definition) is 3. The van der Waals surface area contributed by atoms with Crippen molar-refractivity contribution in [3.8, 4) is 0 Å². The molecule has 0 radical (unpaired) electrons. The summed E-state index contributed by atoms with van der Waals surface area (Å²) < 4.78 is 0. The smallest absolute Gasteiger partial charge is 0.170 e. The second-order valence-electron chi connectivity index (χ2n) is 6.21. The highest BCUT2D eigenvalue weighted by Crippen LogP contribution is 2.16. The van der Waals surface area contributed by atoms with Gasteiger partial charge in [0.2, 0.25) is 0 Å². The van der Waals surface area contributed by atoms with Crippen LogP contribution in [0.4, 0.5) is 5.69 Å². The summed E-state index contributed by atoms with van der Waals surface area (Å²) in [4.78, 5) is 1.70. The van der Waals surface area contributed by atoms with Crippen molar-refractivity contribution in [2.45, 2.75) is 45.6 Å². The molecule has 1 saturated heterocycles. The molecule has 1 fully saturated rings. The fourth-order valence-corrected chi connectivity index (χ4v) is 3.24. The number of benzene rings is 1. The van der Waals surface area contributed by atoms with Gasteiger partial charge in [-0.15, -0.1) is 0 Å². The summed E-state index contributed by atoms with van der Waals surface area (Å²) in [5, 5.41) is 7.38. The maximum absolute atomic E-state index is 5.40. The van der Waals surface area contributed by atoms with E-state index in [0.717, 1.165) is 17.3 Å². The molecule has 1 aliphatic rings. The summed E-state index contributed by atoms with van der Waals surface area (Å²) in [6.07, 6.45) is 2.65. The number of nitrogens with one attached hydrogen (secondary N) is 3. The van der Waals surface area contributed by atoms with Crippen molar-refractivity contribution in [1.82, 2.24) is 5.32 Å². The third-order valence-corrected chi connectivity index (χ3v) is 4.67. The number of likely N-dealkylation sites (tertiary alicyclic amines) is 1. The van der Waals surface area contributed by atoms with Gasteiger partial charge in [0, 0.05) is 18.5 Å². The van der Waals surface area contributed by atoms with Crippen molar-refractivity contribution in [1.29, 1.82) is 0 Å². The lowest BCUT2D eigenvalue weighted by Gasteiger charge is -2.21. The third kappa shape index (κ3) is 4.68. The lowest BCUT2D eigenvalue weighted by molar-refractivity contribution is -0.909. The second kappa shape index (κ2) is 7.76. The lowest BCUT2D eigenvalue weighted by atomic mass is 10.0. The summed E-state index contributed by atoms with van der Waals surface area (Å²) in [5.41, 5.74) is 2.41. The van der Waals surface area contributed by atoms with E-state index in [1.165, 1.54) is 31.5 Å². The zero-order valence-corrected chi connectivity index (χ0v) is 14.2. The molecular formula is C17H28N3S+. The van der Waals surface area contributed by atoms with E-state index < -0.39 is 0 Å². The first-order chi connectivity index (χ1) is 10.1. The normalized spacial score (nSPS) is 21.5. The molecule has 1 aromatic rings. The number of rotatable bonds is 5. The molecule has 2 rings (SSSR count). The number of anilines is 1. The van der Waals surface area contributed by atoms with Gasteiger partial charge in [-0.25, -0.2) is 0 Å². The summed E-state index contributed by atoms with van der Waals surface area (Å²) in [6.45, 7) is 10.2. The number of quaternary nitrogens is 1. The number of hydrogen-bond acceptors (Lipinski definition) is 1. The van der Waals surface area contributed by atoms with E-state index in [1.54, 1.807) is 4.90 Å². The molecule has 3 N–H and O–H groups in total. The summed E-state index contributed by atoms with van der Waals surface area (Å²) in [5.74, 6) is 0.564. The van der Waals surface area contributed by atoms with Gasteiger partial charge in [0.25, 0.3) is 0 Å². The molecule has 0 aliphatic carbocycles. The van der Waals surface area contributed by atoms with Crippen LogP contribution in [0, 0.1) is 0 Å². The first kappa shape index (κ1) is 16.2. The van der Waals surface area contributed by atoms with Gasteiger partial charge in [-0.1, -0.05) is 26.0 Å². The van der Waals surface area contributed by atoms with Crippen LogP contribution in [0.1, 0.15) is 45.1 Å². The van der Waals surface area contributed by atoms with Gasteiger partial charge in [-0.2, -0.15) is 0 Å². The van der Waals surface area contributed by atoms with Crippen LogP contribution in [0.25, 0.3) is 0 Å². The van der Waals surface area contributed by atoms with E-state index in [1.807, 2.05) is 0 Å². The average Bonchev–Trinajstić information content (AvgIpc) is 2.93. The summed E-state index contributed by atoms with van der Waals surface area (Å²) in [6, 6.07) is 9.23. The van der Waals surface area contributed by atoms with E-state index in [0.29, 0.717) is 12.0 Å². The zero-order valence-electron chi connectivity index (χ0n) is 13.4. The Morgan fingerprint density at radius 3 is 2.67 bits per heavy atom. The Bertz CT molecular complexity index is 456. The van der Waals surface area contributed by atoms with Gasteiger partial charge in [-0.05, 0) is 42.8 Å². The van der Waals surface area contributed by atoms with Crippen molar-refractivity contribution in [3.63, 3.8) is 0 Å². The standard InChI is InChI=1S/C17H27N3S/c1-4-20-11-5-6-16(20)12-18-17(21)19-15-9-7-14(8-10-15)13(2)3/h7-10,13,16H,4-6,11-12H2,1-3H3,(H2,18,19,21)/p+1/t16-/m0/s1. The van der Waals surface area contributed by atoms with Crippen LogP contribution in [0.2, 0.25) is 0 Å². The third-order valence-electron chi connectivity index (χ3n) is 4.43. The first-order valence-electron chi connectivity index (χ1n) is 8.09. The quantitative estimate of drug-likeness (QED) is 0.728. The maximum Gasteiger partial charge on any atom is 0.170 e. The van der Waals surface area contributed by atoms with E-state index in [2.05, 4.69) is 55.7 Å². The molecule has 21 heavy (non-hydrogen) atoms. The van der Waals surface area contributed by atoms with Gasteiger partial charge in [0.15, 0.2) is 5.11 Å². The molecule has 1 unspecified atom stereocenters. The Labute approximate surface area is 134 Å². The molecule has 2 atom stereocenters. The molecule has 0 saturated carbocycles. The molecule has 0 bridgehead atoms. The molecule has 0 spiro atoms. The average molecular weight is 306 g/mol. The van der Waals surface area contributed by atoms with Gasteiger partial charge in [0.1, 0.15) is 6.04 Å². The second-order valence-corrected chi connectivity index (χ2v) is 6.62. The molecule has 1 aromatic carbocycles. The van der Waals surface area contributed by atoms with E-state index in [4.69, 9.17) is 12.2 Å². The van der Waals surface area contributed by atoms with Crippen LogP contribution in [0.15, 0.2) is 24.3 Å². The van der Waals surface area contributed by atoms with E-state index in [-0.39, 0.29) is 0 Å². The van der Waals surface area contributed by atoms with Crippen molar-refractivity contribution < 1.29 is 4.90 Å². The van der Waals surface area contributed by atoms with Crippen LogP contribution in [0.3, 0.4) is 0 Å². The minimum atomic E-state index is 0.564. The van der Waals surface area contributed by atoms with Crippen LogP contribution in [0.5, 0.6) is 0 Å². The highest BCUT2D eigenvalue weighted by molar-refractivity contribution is 7.80. The highest BCUT2D eigenvalue weighted by atomic mass is 32.1. The van der Waals surface area contributed by atoms with Gasteiger partial charge >= 0.3 is 0 Å². The minimum Gasteiger partial charge on any atom is -0.356 e. The fourth-order valence-electron chi connectivity index (χ4n) is 3.04. The van der Waals surface area contributed by atoms with E-state index in [9.17, 15) is 0 Å². The van der Waals surface area contributed by atoms with Crippen LogP contribution in [-0.2, 0) is 0 Å². The Kier molecular flexibility index (Phi) is 6.00. The largest absolute Gasteiger partial charge is 0.356 e. The predicted octanol–water partition coefficient (Wildman–Crippen LogP) is 2.16. The molecule has 0 aromatic heterocycles. The minimum absolute atomic E-state index is 0.564. The molecule has 1 heterocycles. The fraction of sp³-hybridized carbons (Fsp3) is 0.588. The lowest BCUT2D eigenvalue weighted by Crippen LogP contribution is -3.14. The van der Waals surface area contributed by atoms with Crippen molar-refractivity contribution >= 4 is 23.0 Å². The van der Waals surface area contributed by atoms with E-state index >= 15 is 0 Å². The molecule has 116 valence electrons. The van der Waals surface area contributed by atoms with Gasteiger partial charge in [-0.3, -0.25) is 0 Å². The SMILES string of the molecule is CC[NH+]1CCC[C@H]1CNC(=S)Nc1ccc(C(C)C)cc1. The molecule has 4 heteroatoms. The molecule has 3 nitrogen and oxygen atoms in total. The number of thiocarbonyl (C=S) groups is 1. The maximum atomic E-state index is 5.40. The van der Waals surface area contributed by atoms with Crippen LogP contribution in [-0.4, -0.2) is 30.8 Å². The monoisotopic (exact) mass is 306 g/mol. The van der Waals surface area contributed by atoms with Gasteiger partial charge in [0.05, 0.1) is 19.6 Å². The topological polar surface area (TPSA) is 28.5 Å². The van der Waals surface area contributed by atoms with Crippen molar-refractivity contribution in [2.75, 3.05) is 25.0 Å². The van der Waals surface area contributed by atoms with Crippen LogP contribution >= 0.6 is 12.2 Å². The van der Waals surface area contributed by atoms with Gasteiger partial charge < -0.3 is 15.5 Å². The zero-order chi connectivity index (χ0) is 15.2. The Hall–Kier alpha value is -1.13. The highest BCUT2D eigenvalue weighted by Gasteiger charge is 2.26. The molecule has 0 amide bonds. The Balaban J connectivity index is 1.79. The van der Waals surface area contributed by atoms with Crippen molar-refractivity contribution in [3.05, 3.63) is 29.8 Å². The Morgan fingerprint density at radius 2 is 2.05 bits per heavy atom. The molecule has 1 aliphatic heterocycles. The summed E-state index contributed by atoms with van der Waals surface area (Å²) in [7, 11) is 0. The van der Waals surface area contributed by atoms with Crippen LogP contribution < -0.4 is 15.5 Å².